The quantitative estimate of drug-likeness (QED) is 0.902. The number of benzene rings is 1. The van der Waals surface area contributed by atoms with Crippen LogP contribution in [-0.4, -0.2) is 14.2 Å². The first-order valence-electron chi connectivity index (χ1n) is 7.73. The summed E-state index contributed by atoms with van der Waals surface area (Å²) in [7, 11) is 3.36. The molecule has 2 N–H and O–H groups in total. The van der Waals surface area contributed by atoms with Crippen LogP contribution in [0.1, 0.15) is 56.6 Å². The zero-order valence-electron chi connectivity index (χ0n) is 12.7. The van der Waals surface area contributed by atoms with E-state index >= 15 is 0 Å². The summed E-state index contributed by atoms with van der Waals surface area (Å²) >= 11 is 0. The van der Waals surface area contributed by atoms with Crippen LogP contribution in [0.5, 0.6) is 11.5 Å². The molecule has 20 heavy (non-hydrogen) atoms. The molecule has 0 aromatic heterocycles. The molecular formula is C17H27NO2. The number of ether oxygens (including phenoxy) is 2. The normalized spacial score (nSPS) is 18.9. The highest BCUT2D eigenvalue weighted by Crippen LogP contribution is 2.34. The Morgan fingerprint density at radius 2 is 1.40 bits per heavy atom. The molecule has 1 aliphatic rings. The summed E-state index contributed by atoms with van der Waals surface area (Å²) in [5.41, 5.74) is 7.66. The SMILES string of the molecule is COc1cc(OC)cc(C(N)C2CCCCCCC2)c1. The summed E-state index contributed by atoms with van der Waals surface area (Å²) in [6.45, 7) is 0. The first kappa shape index (κ1) is 15.2. The lowest BCUT2D eigenvalue weighted by Crippen LogP contribution is -2.22. The fourth-order valence-corrected chi connectivity index (χ4v) is 3.14. The van der Waals surface area contributed by atoms with Crippen LogP contribution in [-0.2, 0) is 0 Å². The van der Waals surface area contributed by atoms with Gasteiger partial charge in [0.25, 0.3) is 0 Å². The number of hydrogen-bond donors (Lipinski definition) is 1. The third-order valence-electron chi connectivity index (χ3n) is 4.42. The summed E-state index contributed by atoms with van der Waals surface area (Å²) < 4.78 is 10.7. The van der Waals surface area contributed by atoms with Crippen LogP contribution in [0, 0.1) is 5.92 Å². The van der Waals surface area contributed by atoms with Crippen molar-refractivity contribution >= 4 is 0 Å². The van der Waals surface area contributed by atoms with E-state index in [0.29, 0.717) is 5.92 Å². The van der Waals surface area contributed by atoms with E-state index in [4.69, 9.17) is 15.2 Å². The van der Waals surface area contributed by atoms with Gasteiger partial charge in [0.1, 0.15) is 11.5 Å². The Hall–Kier alpha value is -1.22. The molecule has 1 fully saturated rings. The molecule has 1 aromatic rings. The molecule has 0 spiro atoms. The lowest BCUT2D eigenvalue weighted by Gasteiger charge is -2.26. The van der Waals surface area contributed by atoms with Crippen LogP contribution >= 0.6 is 0 Å². The third-order valence-corrected chi connectivity index (χ3v) is 4.42. The van der Waals surface area contributed by atoms with Crippen molar-refractivity contribution in [2.75, 3.05) is 14.2 Å². The fourth-order valence-electron chi connectivity index (χ4n) is 3.14. The Bertz CT molecular complexity index is 389. The smallest absolute Gasteiger partial charge is 0.122 e. The molecule has 1 unspecified atom stereocenters. The maximum Gasteiger partial charge on any atom is 0.122 e. The standard InChI is InChI=1S/C17H27NO2/c1-19-15-10-14(11-16(12-15)20-2)17(18)13-8-6-4-3-5-7-9-13/h10-13,17H,3-9,18H2,1-2H3. The van der Waals surface area contributed by atoms with Gasteiger partial charge in [0.2, 0.25) is 0 Å². The van der Waals surface area contributed by atoms with Crippen molar-refractivity contribution in [3.63, 3.8) is 0 Å². The van der Waals surface area contributed by atoms with Gasteiger partial charge < -0.3 is 15.2 Å². The van der Waals surface area contributed by atoms with Crippen molar-refractivity contribution < 1.29 is 9.47 Å². The van der Waals surface area contributed by atoms with Gasteiger partial charge in [-0.25, -0.2) is 0 Å². The van der Waals surface area contributed by atoms with E-state index in [2.05, 4.69) is 0 Å². The average molecular weight is 277 g/mol. The second kappa shape index (κ2) is 7.53. The average Bonchev–Trinajstić information content (AvgIpc) is 2.45. The molecular weight excluding hydrogens is 250 g/mol. The molecule has 1 aromatic carbocycles. The second-order valence-electron chi connectivity index (χ2n) is 5.78. The van der Waals surface area contributed by atoms with E-state index in [1.54, 1.807) is 14.2 Å². The zero-order valence-corrected chi connectivity index (χ0v) is 12.7. The molecule has 3 heteroatoms. The Morgan fingerprint density at radius 1 is 0.900 bits per heavy atom. The largest absolute Gasteiger partial charge is 0.497 e. The van der Waals surface area contributed by atoms with E-state index in [1.807, 2.05) is 18.2 Å². The molecule has 0 radical (unpaired) electrons. The van der Waals surface area contributed by atoms with Gasteiger partial charge in [0.05, 0.1) is 14.2 Å². The Balaban J connectivity index is 2.15. The fraction of sp³-hybridized carbons (Fsp3) is 0.647. The van der Waals surface area contributed by atoms with Crippen LogP contribution in [0.2, 0.25) is 0 Å². The molecule has 3 nitrogen and oxygen atoms in total. The summed E-state index contributed by atoms with van der Waals surface area (Å²) in [5.74, 6) is 2.22. The van der Waals surface area contributed by atoms with E-state index in [1.165, 1.54) is 44.9 Å². The molecule has 0 bridgehead atoms. The first-order valence-corrected chi connectivity index (χ1v) is 7.73. The van der Waals surface area contributed by atoms with Crippen LogP contribution in [0.4, 0.5) is 0 Å². The highest BCUT2D eigenvalue weighted by atomic mass is 16.5. The molecule has 0 aliphatic heterocycles. The van der Waals surface area contributed by atoms with Crippen LogP contribution in [0.15, 0.2) is 18.2 Å². The van der Waals surface area contributed by atoms with Crippen molar-refractivity contribution in [1.29, 1.82) is 0 Å². The van der Waals surface area contributed by atoms with Gasteiger partial charge in [-0.15, -0.1) is 0 Å². The Kier molecular flexibility index (Phi) is 5.72. The maximum atomic E-state index is 6.53. The first-order chi connectivity index (χ1) is 9.74. The topological polar surface area (TPSA) is 44.5 Å². The number of methoxy groups -OCH3 is 2. The predicted molar refractivity (Wildman–Crippen MR) is 82.3 cm³/mol. The van der Waals surface area contributed by atoms with Crippen molar-refractivity contribution in [3.8, 4) is 11.5 Å². The van der Waals surface area contributed by atoms with Gasteiger partial charge in [-0.2, -0.15) is 0 Å². The number of rotatable bonds is 4. The predicted octanol–water partition coefficient (Wildman–Crippen LogP) is 4.06. The van der Waals surface area contributed by atoms with Crippen molar-refractivity contribution in [2.24, 2.45) is 11.7 Å². The lowest BCUT2D eigenvalue weighted by molar-refractivity contribution is 0.325. The zero-order chi connectivity index (χ0) is 14.4. The second-order valence-corrected chi connectivity index (χ2v) is 5.78. The minimum atomic E-state index is 0.0806. The van der Waals surface area contributed by atoms with Crippen LogP contribution in [0.25, 0.3) is 0 Å². The summed E-state index contributed by atoms with van der Waals surface area (Å²) in [5, 5.41) is 0. The van der Waals surface area contributed by atoms with Crippen LogP contribution in [0.3, 0.4) is 0 Å². The Morgan fingerprint density at radius 3 is 1.90 bits per heavy atom. The van der Waals surface area contributed by atoms with E-state index in [0.717, 1.165) is 17.1 Å². The highest BCUT2D eigenvalue weighted by Gasteiger charge is 2.21. The van der Waals surface area contributed by atoms with Gasteiger partial charge in [0, 0.05) is 12.1 Å². The van der Waals surface area contributed by atoms with E-state index in [9.17, 15) is 0 Å². The van der Waals surface area contributed by atoms with Gasteiger partial charge in [0.15, 0.2) is 0 Å². The van der Waals surface area contributed by atoms with Gasteiger partial charge in [-0.05, 0) is 36.5 Å². The molecule has 0 amide bonds. The Labute approximate surface area is 122 Å². The highest BCUT2D eigenvalue weighted by molar-refractivity contribution is 5.39. The summed E-state index contributed by atoms with van der Waals surface area (Å²) in [6.07, 6.45) is 9.17. The summed E-state index contributed by atoms with van der Waals surface area (Å²) in [6, 6.07) is 6.07. The molecule has 0 saturated heterocycles. The number of hydrogen-bond acceptors (Lipinski definition) is 3. The molecule has 2 rings (SSSR count). The van der Waals surface area contributed by atoms with Crippen molar-refractivity contribution in [1.82, 2.24) is 0 Å². The van der Waals surface area contributed by atoms with Gasteiger partial charge >= 0.3 is 0 Å². The molecule has 1 saturated carbocycles. The molecule has 112 valence electrons. The van der Waals surface area contributed by atoms with E-state index in [-0.39, 0.29) is 6.04 Å². The lowest BCUT2D eigenvalue weighted by atomic mass is 9.83. The van der Waals surface area contributed by atoms with Gasteiger partial charge in [-0.3, -0.25) is 0 Å². The number of nitrogens with two attached hydrogens (primary N) is 1. The minimum Gasteiger partial charge on any atom is -0.497 e. The monoisotopic (exact) mass is 277 g/mol. The van der Waals surface area contributed by atoms with E-state index < -0.39 is 0 Å². The molecule has 1 aliphatic carbocycles. The maximum absolute atomic E-state index is 6.53. The van der Waals surface area contributed by atoms with Crippen LogP contribution < -0.4 is 15.2 Å². The van der Waals surface area contributed by atoms with Gasteiger partial charge in [-0.1, -0.05) is 32.1 Å². The molecule has 0 heterocycles. The molecule has 1 atom stereocenters. The minimum absolute atomic E-state index is 0.0806. The summed E-state index contributed by atoms with van der Waals surface area (Å²) in [4.78, 5) is 0. The third kappa shape index (κ3) is 3.89. The van der Waals surface area contributed by atoms with Crippen molar-refractivity contribution in [3.05, 3.63) is 23.8 Å². The van der Waals surface area contributed by atoms with Crippen molar-refractivity contribution in [2.45, 2.75) is 51.0 Å².